The van der Waals surface area contributed by atoms with E-state index in [1.807, 2.05) is 23.1 Å². The van der Waals surface area contributed by atoms with E-state index in [4.69, 9.17) is 4.74 Å². The molecule has 0 bridgehead atoms. The first-order valence-electron chi connectivity index (χ1n) is 9.79. The van der Waals surface area contributed by atoms with Crippen molar-refractivity contribution in [2.24, 2.45) is 5.92 Å². The molecule has 2 amide bonds. The number of likely N-dealkylation sites (tertiary alicyclic amines) is 2. The molecule has 2 unspecified atom stereocenters. The molecule has 3 rings (SSSR count). The Balaban J connectivity index is 1.52. The summed E-state index contributed by atoms with van der Waals surface area (Å²) in [5.41, 5.74) is 1.21. The fourth-order valence-electron chi connectivity index (χ4n) is 4.30. The van der Waals surface area contributed by atoms with Crippen molar-refractivity contribution in [2.75, 3.05) is 33.4 Å². The van der Waals surface area contributed by atoms with E-state index >= 15 is 0 Å². The fraction of sp³-hybridized carbons (Fsp3) is 0.619. The number of amides is 2. The monoisotopic (exact) mass is 358 g/mol. The Morgan fingerprint density at radius 1 is 1.23 bits per heavy atom. The molecule has 0 radical (unpaired) electrons. The Morgan fingerprint density at radius 2 is 2.04 bits per heavy atom. The topological polar surface area (TPSA) is 49.9 Å². The van der Waals surface area contributed by atoms with E-state index in [0.717, 1.165) is 45.3 Å². The van der Waals surface area contributed by atoms with Crippen LogP contribution >= 0.6 is 0 Å². The lowest BCUT2D eigenvalue weighted by molar-refractivity contribution is -0.144. The summed E-state index contributed by atoms with van der Waals surface area (Å²) >= 11 is 0. The molecular weight excluding hydrogens is 328 g/mol. The lowest BCUT2D eigenvalue weighted by Gasteiger charge is -2.47. The van der Waals surface area contributed by atoms with Crippen LogP contribution < -0.4 is 0 Å². The van der Waals surface area contributed by atoms with Crippen LogP contribution in [0.4, 0.5) is 0 Å². The van der Waals surface area contributed by atoms with Crippen LogP contribution in [0.2, 0.25) is 0 Å². The molecule has 1 aromatic rings. The minimum absolute atomic E-state index is 0.245. The van der Waals surface area contributed by atoms with Crippen LogP contribution in [0.3, 0.4) is 0 Å². The number of methoxy groups -OCH3 is 1. The Labute approximate surface area is 156 Å². The van der Waals surface area contributed by atoms with Gasteiger partial charge in [-0.25, -0.2) is 0 Å². The van der Waals surface area contributed by atoms with Gasteiger partial charge in [-0.2, -0.15) is 0 Å². The Bertz CT molecular complexity index is 605. The van der Waals surface area contributed by atoms with Crippen LogP contribution in [0.15, 0.2) is 30.3 Å². The van der Waals surface area contributed by atoms with Crippen LogP contribution in [0.25, 0.3) is 0 Å². The van der Waals surface area contributed by atoms with E-state index in [1.54, 1.807) is 7.11 Å². The molecule has 142 valence electrons. The number of fused-ring (bicyclic) bond motifs is 1. The molecule has 2 atom stereocenters. The third kappa shape index (κ3) is 4.64. The molecular formula is C21H30N2O3. The van der Waals surface area contributed by atoms with Crippen molar-refractivity contribution in [3.8, 4) is 0 Å². The van der Waals surface area contributed by atoms with Crippen LogP contribution in [-0.4, -0.2) is 61.0 Å². The van der Waals surface area contributed by atoms with Gasteiger partial charge in [0.05, 0.1) is 0 Å². The summed E-state index contributed by atoms with van der Waals surface area (Å²) < 4.78 is 5.13. The van der Waals surface area contributed by atoms with Crippen LogP contribution in [-0.2, 0) is 20.7 Å². The van der Waals surface area contributed by atoms with Gasteiger partial charge in [0.25, 0.3) is 0 Å². The minimum atomic E-state index is 0.245. The Morgan fingerprint density at radius 3 is 2.81 bits per heavy atom. The first-order chi connectivity index (χ1) is 12.7. The molecule has 1 aromatic carbocycles. The second kappa shape index (κ2) is 9.17. The second-order valence-corrected chi connectivity index (χ2v) is 7.41. The average molecular weight is 358 g/mol. The van der Waals surface area contributed by atoms with Crippen molar-refractivity contribution in [3.05, 3.63) is 35.9 Å². The van der Waals surface area contributed by atoms with E-state index < -0.39 is 0 Å². The molecule has 2 heterocycles. The maximum Gasteiger partial charge on any atom is 0.222 e. The number of ether oxygens (including phenoxy) is 1. The van der Waals surface area contributed by atoms with Gasteiger partial charge in [0.15, 0.2) is 0 Å². The zero-order valence-electron chi connectivity index (χ0n) is 15.7. The normalized spacial score (nSPS) is 23.0. The van der Waals surface area contributed by atoms with Gasteiger partial charge < -0.3 is 14.5 Å². The smallest absolute Gasteiger partial charge is 0.222 e. The molecule has 0 saturated carbocycles. The summed E-state index contributed by atoms with van der Waals surface area (Å²) in [5.74, 6) is 0.936. The zero-order valence-corrected chi connectivity index (χ0v) is 15.7. The number of hydrogen-bond donors (Lipinski definition) is 0. The molecule has 26 heavy (non-hydrogen) atoms. The largest absolute Gasteiger partial charge is 0.385 e. The zero-order chi connectivity index (χ0) is 18.4. The standard InChI is InChI=1S/C21H30N2O3/c1-26-15-5-13-23-19-12-14-22(16-18(19)9-11-21(23)25)20(24)10-8-17-6-3-2-4-7-17/h2-4,6-7,18-19H,5,8-16H2,1H3. The second-order valence-electron chi connectivity index (χ2n) is 7.41. The summed E-state index contributed by atoms with van der Waals surface area (Å²) in [5, 5.41) is 0. The highest BCUT2D eigenvalue weighted by Gasteiger charge is 2.39. The number of rotatable bonds is 7. The van der Waals surface area contributed by atoms with Gasteiger partial charge >= 0.3 is 0 Å². The van der Waals surface area contributed by atoms with E-state index in [-0.39, 0.29) is 11.8 Å². The number of hydrogen-bond acceptors (Lipinski definition) is 3. The van der Waals surface area contributed by atoms with Crippen molar-refractivity contribution >= 4 is 11.8 Å². The number of piperidine rings is 2. The molecule has 5 heteroatoms. The first kappa shape index (κ1) is 18.9. The van der Waals surface area contributed by atoms with Gasteiger partial charge in [-0.05, 0) is 37.2 Å². The summed E-state index contributed by atoms with van der Waals surface area (Å²) in [6.07, 6.45) is 4.67. The summed E-state index contributed by atoms with van der Waals surface area (Å²) in [6.45, 7) is 3.02. The molecule has 2 saturated heterocycles. The maximum atomic E-state index is 12.6. The molecule has 0 aromatic heterocycles. The molecule has 0 spiro atoms. The third-order valence-electron chi connectivity index (χ3n) is 5.71. The molecule has 2 aliphatic heterocycles. The van der Waals surface area contributed by atoms with E-state index in [2.05, 4.69) is 17.0 Å². The van der Waals surface area contributed by atoms with Crippen molar-refractivity contribution in [1.82, 2.24) is 9.80 Å². The van der Waals surface area contributed by atoms with E-state index in [0.29, 0.717) is 31.4 Å². The summed E-state index contributed by atoms with van der Waals surface area (Å²) in [6, 6.07) is 10.5. The predicted molar refractivity (Wildman–Crippen MR) is 101 cm³/mol. The summed E-state index contributed by atoms with van der Waals surface area (Å²) in [4.78, 5) is 29.0. The Hall–Kier alpha value is -1.88. The SMILES string of the molecule is COCCCN1C(=O)CCC2CN(C(=O)CCc3ccccc3)CCC21. The van der Waals surface area contributed by atoms with Gasteiger partial charge in [0.2, 0.25) is 11.8 Å². The van der Waals surface area contributed by atoms with Crippen LogP contribution in [0, 0.1) is 5.92 Å². The highest BCUT2D eigenvalue weighted by atomic mass is 16.5. The lowest BCUT2D eigenvalue weighted by Crippen LogP contribution is -2.57. The first-order valence-corrected chi connectivity index (χ1v) is 9.79. The number of carbonyl (C=O) groups excluding carboxylic acids is 2. The van der Waals surface area contributed by atoms with Gasteiger partial charge in [-0.15, -0.1) is 0 Å². The van der Waals surface area contributed by atoms with Gasteiger partial charge in [0.1, 0.15) is 0 Å². The predicted octanol–water partition coefficient (Wildman–Crippen LogP) is 2.50. The third-order valence-corrected chi connectivity index (χ3v) is 5.71. The Kier molecular flexibility index (Phi) is 6.67. The summed E-state index contributed by atoms with van der Waals surface area (Å²) in [7, 11) is 1.69. The van der Waals surface area contributed by atoms with Gasteiger partial charge in [-0.1, -0.05) is 30.3 Å². The van der Waals surface area contributed by atoms with Crippen molar-refractivity contribution in [3.63, 3.8) is 0 Å². The number of nitrogens with zero attached hydrogens (tertiary/aromatic N) is 2. The minimum Gasteiger partial charge on any atom is -0.385 e. The molecule has 2 fully saturated rings. The van der Waals surface area contributed by atoms with E-state index in [9.17, 15) is 9.59 Å². The van der Waals surface area contributed by atoms with E-state index in [1.165, 1.54) is 5.56 Å². The van der Waals surface area contributed by atoms with Crippen LogP contribution in [0.1, 0.15) is 37.7 Å². The van der Waals surface area contributed by atoms with Crippen molar-refractivity contribution in [2.45, 2.75) is 44.6 Å². The highest BCUT2D eigenvalue weighted by Crippen LogP contribution is 2.31. The maximum absolute atomic E-state index is 12.6. The molecule has 0 N–H and O–H groups in total. The lowest BCUT2D eigenvalue weighted by atomic mass is 9.83. The average Bonchev–Trinajstić information content (AvgIpc) is 2.68. The molecule has 0 aliphatic carbocycles. The van der Waals surface area contributed by atoms with Crippen LogP contribution in [0.5, 0.6) is 0 Å². The van der Waals surface area contributed by atoms with Gasteiger partial charge in [-0.3, -0.25) is 9.59 Å². The van der Waals surface area contributed by atoms with Crippen molar-refractivity contribution in [1.29, 1.82) is 0 Å². The molecule has 2 aliphatic rings. The number of carbonyl (C=O) groups is 2. The number of benzene rings is 1. The van der Waals surface area contributed by atoms with Gasteiger partial charge in [0, 0.05) is 52.2 Å². The van der Waals surface area contributed by atoms with Crippen molar-refractivity contribution < 1.29 is 14.3 Å². The highest BCUT2D eigenvalue weighted by molar-refractivity contribution is 5.78. The fourth-order valence-corrected chi connectivity index (χ4v) is 4.30. The number of aryl methyl sites for hydroxylation is 1. The quantitative estimate of drug-likeness (QED) is 0.704. The molecule has 5 nitrogen and oxygen atoms in total.